The minimum atomic E-state index is -0.181. The van der Waals surface area contributed by atoms with Gasteiger partial charge in [0.1, 0.15) is 0 Å². The van der Waals surface area contributed by atoms with Gasteiger partial charge in [0.05, 0.1) is 6.04 Å². The molecule has 2 aliphatic rings. The molecule has 0 radical (unpaired) electrons. The molecule has 1 heterocycles. The minimum Gasteiger partial charge on any atom is -0.269 e. The van der Waals surface area contributed by atoms with Crippen molar-refractivity contribution in [2.24, 2.45) is 5.92 Å². The number of hydrogen-bond donors (Lipinski definition) is 0. The van der Waals surface area contributed by atoms with E-state index in [-0.39, 0.29) is 17.9 Å². The molecule has 3 nitrogen and oxygen atoms in total. The maximum atomic E-state index is 11.8. The Morgan fingerprint density at radius 1 is 1.20 bits per heavy atom. The topological polar surface area (TPSA) is 37.4 Å². The Bertz CT molecular complexity index is 583. The third kappa shape index (κ3) is 2.17. The zero-order valence-corrected chi connectivity index (χ0v) is 11.9. The van der Waals surface area contributed by atoms with E-state index in [4.69, 9.17) is 0 Å². The summed E-state index contributed by atoms with van der Waals surface area (Å²) in [4.78, 5) is 25.0. The van der Waals surface area contributed by atoms with Crippen LogP contribution in [0.3, 0.4) is 0 Å². The Hall–Kier alpha value is -1.90. The molecule has 2 amide bonds. The molecular weight excluding hydrogens is 250 g/mol. The molecule has 0 unspecified atom stereocenters. The van der Waals surface area contributed by atoms with Gasteiger partial charge < -0.3 is 0 Å². The van der Waals surface area contributed by atoms with Crippen LogP contribution in [0.4, 0.5) is 0 Å². The molecule has 20 heavy (non-hydrogen) atoms. The van der Waals surface area contributed by atoms with Crippen LogP contribution in [0, 0.1) is 5.92 Å². The zero-order chi connectivity index (χ0) is 14.3. The Balaban J connectivity index is 1.88. The van der Waals surface area contributed by atoms with Crippen molar-refractivity contribution in [2.45, 2.75) is 39.2 Å². The number of benzene rings is 1. The highest BCUT2D eigenvalue weighted by Crippen LogP contribution is 2.37. The molecule has 1 aliphatic carbocycles. The molecule has 1 aromatic carbocycles. The Morgan fingerprint density at radius 2 is 1.90 bits per heavy atom. The Morgan fingerprint density at radius 3 is 2.55 bits per heavy atom. The monoisotopic (exact) mass is 269 g/mol. The number of carbonyl (C=O) groups excluding carboxylic acids is 2. The van der Waals surface area contributed by atoms with Gasteiger partial charge in [-0.15, -0.1) is 0 Å². The average Bonchev–Trinajstić information content (AvgIpc) is 2.92. The van der Waals surface area contributed by atoms with Crippen molar-refractivity contribution in [1.82, 2.24) is 4.90 Å². The number of nitrogens with zero attached hydrogens (tertiary/aromatic N) is 1. The molecule has 3 heteroatoms. The van der Waals surface area contributed by atoms with Crippen LogP contribution < -0.4 is 0 Å². The molecule has 0 aromatic heterocycles. The lowest BCUT2D eigenvalue weighted by Gasteiger charge is -2.23. The quantitative estimate of drug-likeness (QED) is 0.791. The summed E-state index contributed by atoms with van der Waals surface area (Å²) < 4.78 is 0. The highest BCUT2D eigenvalue weighted by atomic mass is 16.2. The zero-order valence-electron chi connectivity index (χ0n) is 11.9. The first-order valence-corrected chi connectivity index (χ1v) is 7.23. The van der Waals surface area contributed by atoms with Crippen LogP contribution in [-0.4, -0.2) is 16.7 Å². The van der Waals surface area contributed by atoms with Crippen LogP contribution in [0.5, 0.6) is 0 Å². The number of hydrogen-bond acceptors (Lipinski definition) is 2. The van der Waals surface area contributed by atoms with Crippen molar-refractivity contribution >= 4 is 11.8 Å². The van der Waals surface area contributed by atoms with Gasteiger partial charge in [0, 0.05) is 12.2 Å². The van der Waals surface area contributed by atoms with Gasteiger partial charge in [0.2, 0.25) is 0 Å². The molecule has 0 saturated carbocycles. The third-order valence-corrected chi connectivity index (χ3v) is 4.05. The van der Waals surface area contributed by atoms with Gasteiger partial charge in [-0.05, 0) is 41.9 Å². The molecule has 0 N–H and O–H groups in total. The second-order valence-electron chi connectivity index (χ2n) is 6.07. The van der Waals surface area contributed by atoms with Gasteiger partial charge >= 0.3 is 0 Å². The molecule has 1 atom stereocenters. The van der Waals surface area contributed by atoms with Crippen molar-refractivity contribution in [3.63, 3.8) is 0 Å². The van der Waals surface area contributed by atoms with E-state index < -0.39 is 0 Å². The van der Waals surface area contributed by atoms with Crippen LogP contribution in [0.1, 0.15) is 43.0 Å². The standard InChI is InChI=1S/C17H19NO2/c1-11(2)9-12-3-5-14-13(10-12)4-6-15(14)18-16(19)7-8-17(18)20/h3,5,7-8,10-11,15H,4,6,9H2,1-2H3/t15-/m0/s1. The summed E-state index contributed by atoms with van der Waals surface area (Å²) in [6, 6.07) is 6.40. The highest BCUT2D eigenvalue weighted by molar-refractivity contribution is 6.13. The first-order chi connectivity index (χ1) is 9.56. The van der Waals surface area contributed by atoms with Crippen LogP contribution >= 0.6 is 0 Å². The molecule has 0 saturated heterocycles. The summed E-state index contributed by atoms with van der Waals surface area (Å²) >= 11 is 0. The fraction of sp³-hybridized carbons (Fsp3) is 0.412. The van der Waals surface area contributed by atoms with E-state index in [1.807, 2.05) is 0 Å². The van der Waals surface area contributed by atoms with Gasteiger partial charge in [0.25, 0.3) is 11.8 Å². The number of rotatable bonds is 3. The van der Waals surface area contributed by atoms with E-state index in [1.54, 1.807) is 0 Å². The van der Waals surface area contributed by atoms with E-state index in [0.717, 1.165) is 24.8 Å². The van der Waals surface area contributed by atoms with E-state index in [1.165, 1.54) is 28.2 Å². The van der Waals surface area contributed by atoms with Crippen molar-refractivity contribution in [2.75, 3.05) is 0 Å². The second-order valence-corrected chi connectivity index (χ2v) is 6.07. The van der Waals surface area contributed by atoms with E-state index >= 15 is 0 Å². The molecule has 104 valence electrons. The molecule has 3 rings (SSSR count). The number of imide groups is 1. The van der Waals surface area contributed by atoms with Crippen molar-refractivity contribution in [3.05, 3.63) is 47.0 Å². The Kier molecular flexibility index (Phi) is 3.20. The maximum Gasteiger partial charge on any atom is 0.254 e. The van der Waals surface area contributed by atoms with Crippen molar-refractivity contribution in [3.8, 4) is 0 Å². The van der Waals surface area contributed by atoms with Crippen molar-refractivity contribution in [1.29, 1.82) is 0 Å². The third-order valence-electron chi connectivity index (χ3n) is 4.05. The number of aryl methyl sites for hydroxylation is 1. The lowest BCUT2D eigenvalue weighted by Crippen LogP contribution is -2.33. The maximum absolute atomic E-state index is 11.8. The number of carbonyl (C=O) groups is 2. The first-order valence-electron chi connectivity index (χ1n) is 7.23. The van der Waals surface area contributed by atoms with E-state index in [9.17, 15) is 9.59 Å². The predicted octanol–water partition coefficient (Wildman–Crippen LogP) is 2.80. The van der Waals surface area contributed by atoms with Gasteiger partial charge in [0.15, 0.2) is 0 Å². The van der Waals surface area contributed by atoms with Crippen LogP contribution in [0.15, 0.2) is 30.4 Å². The SMILES string of the molecule is CC(C)Cc1ccc2c(c1)CC[C@@H]2N1C(=O)C=CC1=O. The summed E-state index contributed by atoms with van der Waals surface area (Å²) in [6.45, 7) is 4.42. The number of amides is 2. The van der Waals surface area contributed by atoms with Crippen molar-refractivity contribution < 1.29 is 9.59 Å². The molecule has 0 fully saturated rings. The smallest absolute Gasteiger partial charge is 0.254 e. The van der Waals surface area contributed by atoms with Gasteiger partial charge in [-0.3, -0.25) is 14.5 Å². The summed E-state index contributed by atoms with van der Waals surface area (Å²) in [5, 5.41) is 0. The summed E-state index contributed by atoms with van der Waals surface area (Å²) in [5.74, 6) is 0.273. The second kappa shape index (κ2) is 4.89. The molecule has 0 bridgehead atoms. The largest absolute Gasteiger partial charge is 0.269 e. The molecule has 1 aromatic rings. The predicted molar refractivity (Wildman–Crippen MR) is 77.0 cm³/mol. The van der Waals surface area contributed by atoms with Gasteiger partial charge in [-0.2, -0.15) is 0 Å². The van der Waals surface area contributed by atoms with Gasteiger partial charge in [-0.25, -0.2) is 0 Å². The van der Waals surface area contributed by atoms with E-state index in [2.05, 4.69) is 32.0 Å². The lowest BCUT2D eigenvalue weighted by atomic mass is 9.98. The fourth-order valence-electron chi connectivity index (χ4n) is 3.23. The summed E-state index contributed by atoms with van der Waals surface area (Å²) in [5.41, 5.74) is 3.78. The highest BCUT2D eigenvalue weighted by Gasteiger charge is 2.36. The lowest BCUT2D eigenvalue weighted by molar-refractivity contribution is -0.139. The van der Waals surface area contributed by atoms with E-state index in [0.29, 0.717) is 5.92 Å². The average molecular weight is 269 g/mol. The van der Waals surface area contributed by atoms with Gasteiger partial charge in [-0.1, -0.05) is 32.0 Å². The summed E-state index contributed by atoms with van der Waals surface area (Å²) in [6.07, 6.45) is 5.60. The molecular formula is C17H19NO2. The normalized spacial score (nSPS) is 21.1. The molecule has 1 aliphatic heterocycles. The fourth-order valence-corrected chi connectivity index (χ4v) is 3.23. The minimum absolute atomic E-state index is 0.0758. The molecule has 0 spiro atoms. The number of fused-ring (bicyclic) bond motifs is 1. The first kappa shape index (κ1) is 13.1. The van der Waals surface area contributed by atoms with Crippen LogP contribution in [0.25, 0.3) is 0 Å². The van der Waals surface area contributed by atoms with Crippen LogP contribution in [0.2, 0.25) is 0 Å². The van der Waals surface area contributed by atoms with Crippen LogP contribution in [-0.2, 0) is 22.4 Å². The summed E-state index contributed by atoms with van der Waals surface area (Å²) in [7, 11) is 0. The Labute approximate surface area is 119 Å².